The number of nitrogen functional groups attached to an aromatic ring is 1. The van der Waals surface area contributed by atoms with E-state index in [9.17, 15) is 9.59 Å². The van der Waals surface area contributed by atoms with Crippen LogP contribution < -0.4 is 11.1 Å². The first-order valence-corrected chi connectivity index (χ1v) is 7.49. The van der Waals surface area contributed by atoms with Crippen molar-refractivity contribution < 1.29 is 9.59 Å². The summed E-state index contributed by atoms with van der Waals surface area (Å²) in [6.07, 6.45) is 3.45. The van der Waals surface area contributed by atoms with Gasteiger partial charge in [0.15, 0.2) is 0 Å². The SMILES string of the molecule is Nc1cc(Br)ccc1CN1C(=O)NC2(CCCC2)C1=O. The van der Waals surface area contributed by atoms with E-state index >= 15 is 0 Å². The number of benzene rings is 1. The molecule has 0 atom stereocenters. The van der Waals surface area contributed by atoms with E-state index in [0.717, 1.165) is 35.7 Å². The Kier molecular flexibility index (Phi) is 3.20. The normalized spacial score (nSPS) is 20.8. The van der Waals surface area contributed by atoms with Crippen molar-refractivity contribution in [2.24, 2.45) is 0 Å². The van der Waals surface area contributed by atoms with Gasteiger partial charge in [0.2, 0.25) is 0 Å². The van der Waals surface area contributed by atoms with E-state index in [4.69, 9.17) is 5.73 Å². The smallest absolute Gasteiger partial charge is 0.325 e. The Hall–Kier alpha value is -1.56. The van der Waals surface area contributed by atoms with Crippen molar-refractivity contribution in [1.29, 1.82) is 0 Å². The number of amides is 3. The molecule has 3 amide bonds. The van der Waals surface area contributed by atoms with Gasteiger partial charge in [0, 0.05) is 10.2 Å². The van der Waals surface area contributed by atoms with Crippen LogP contribution in [0.15, 0.2) is 22.7 Å². The Bertz CT molecular complexity index is 582. The number of nitrogens with two attached hydrogens (primary N) is 1. The lowest BCUT2D eigenvalue weighted by Crippen LogP contribution is -2.44. The van der Waals surface area contributed by atoms with E-state index in [1.165, 1.54) is 4.90 Å². The number of halogens is 1. The highest BCUT2D eigenvalue weighted by molar-refractivity contribution is 9.10. The first-order chi connectivity index (χ1) is 9.52. The summed E-state index contributed by atoms with van der Waals surface area (Å²) in [5, 5.41) is 2.87. The summed E-state index contributed by atoms with van der Waals surface area (Å²) in [7, 11) is 0. The summed E-state index contributed by atoms with van der Waals surface area (Å²) in [6.45, 7) is 0.228. The molecule has 1 aliphatic heterocycles. The fourth-order valence-electron chi connectivity index (χ4n) is 3.02. The fraction of sp³-hybridized carbons (Fsp3) is 0.429. The second kappa shape index (κ2) is 4.77. The van der Waals surface area contributed by atoms with Gasteiger partial charge in [-0.25, -0.2) is 4.79 Å². The molecule has 1 spiro atoms. The average molecular weight is 338 g/mol. The van der Waals surface area contributed by atoms with Gasteiger partial charge in [-0.15, -0.1) is 0 Å². The number of nitrogens with one attached hydrogen (secondary N) is 1. The van der Waals surface area contributed by atoms with Crippen LogP contribution in [0.3, 0.4) is 0 Å². The van der Waals surface area contributed by atoms with Crippen LogP contribution in [-0.2, 0) is 11.3 Å². The van der Waals surface area contributed by atoms with Crippen LogP contribution in [0.5, 0.6) is 0 Å². The number of imide groups is 1. The van der Waals surface area contributed by atoms with Crippen molar-refractivity contribution in [3.8, 4) is 0 Å². The van der Waals surface area contributed by atoms with E-state index in [-0.39, 0.29) is 18.5 Å². The lowest BCUT2D eigenvalue weighted by Gasteiger charge is -2.20. The standard InChI is InChI=1S/C14H16BrN3O2/c15-10-4-3-9(11(16)7-10)8-18-12(19)14(17-13(18)20)5-1-2-6-14/h3-4,7H,1-2,5-6,8,16H2,(H,17,20). The number of carbonyl (C=O) groups is 2. The van der Waals surface area contributed by atoms with Crippen molar-refractivity contribution in [3.05, 3.63) is 28.2 Å². The lowest BCUT2D eigenvalue weighted by atomic mass is 9.98. The molecule has 1 heterocycles. The molecule has 1 saturated carbocycles. The molecule has 1 aliphatic carbocycles. The predicted molar refractivity (Wildman–Crippen MR) is 78.8 cm³/mol. The lowest BCUT2D eigenvalue weighted by molar-refractivity contribution is -0.131. The quantitative estimate of drug-likeness (QED) is 0.642. The molecule has 0 aromatic heterocycles. The number of urea groups is 1. The number of nitrogens with zero attached hydrogens (tertiary/aromatic N) is 1. The molecule has 20 heavy (non-hydrogen) atoms. The fourth-order valence-corrected chi connectivity index (χ4v) is 3.40. The van der Waals surface area contributed by atoms with E-state index in [2.05, 4.69) is 21.2 Å². The van der Waals surface area contributed by atoms with Gasteiger partial charge in [-0.3, -0.25) is 9.69 Å². The van der Waals surface area contributed by atoms with Gasteiger partial charge in [-0.05, 0) is 30.5 Å². The first kappa shape index (κ1) is 13.4. The molecular weight excluding hydrogens is 322 g/mol. The minimum absolute atomic E-state index is 0.109. The Morgan fingerprint density at radius 3 is 2.65 bits per heavy atom. The van der Waals surface area contributed by atoms with Crippen LogP contribution in [0, 0.1) is 0 Å². The van der Waals surface area contributed by atoms with Crippen LogP contribution in [0.4, 0.5) is 10.5 Å². The molecular formula is C14H16BrN3O2. The van der Waals surface area contributed by atoms with Crippen LogP contribution >= 0.6 is 15.9 Å². The summed E-state index contributed by atoms with van der Waals surface area (Å²) >= 11 is 3.34. The van der Waals surface area contributed by atoms with E-state index in [1.807, 2.05) is 12.1 Å². The molecule has 3 N–H and O–H groups in total. The Balaban J connectivity index is 1.84. The molecule has 2 aliphatic rings. The highest BCUT2D eigenvalue weighted by atomic mass is 79.9. The van der Waals surface area contributed by atoms with Crippen molar-refractivity contribution in [3.63, 3.8) is 0 Å². The highest BCUT2D eigenvalue weighted by Gasteiger charge is 2.52. The Morgan fingerprint density at radius 2 is 2.00 bits per heavy atom. The van der Waals surface area contributed by atoms with Crippen LogP contribution in [-0.4, -0.2) is 22.4 Å². The van der Waals surface area contributed by atoms with Crippen LogP contribution in [0.2, 0.25) is 0 Å². The van der Waals surface area contributed by atoms with Gasteiger partial charge in [-0.2, -0.15) is 0 Å². The zero-order chi connectivity index (χ0) is 14.3. The summed E-state index contributed by atoms with van der Waals surface area (Å²) in [6, 6.07) is 5.16. The number of carbonyl (C=O) groups excluding carboxylic acids is 2. The number of hydrogen-bond donors (Lipinski definition) is 2. The Morgan fingerprint density at radius 1 is 1.30 bits per heavy atom. The van der Waals surface area contributed by atoms with Crippen molar-refractivity contribution in [2.45, 2.75) is 37.8 Å². The monoisotopic (exact) mass is 337 g/mol. The molecule has 1 aromatic carbocycles. The molecule has 1 saturated heterocycles. The zero-order valence-corrected chi connectivity index (χ0v) is 12.6. The maximum absolute atomic E-state index is 12.5. The first-order valence-electron chi connectivity index (χ1n) is 6.70. The molecule has 5 nitrogen and oxygen atoms in total. The van der Waals surface area contributed by atoms with E-state index in [0.29, 0.717) is 5.69 Å². The maximum atomic E-state index is 12.5. The number of anilines is 1. The van der Waals surface area contributed by atoms with E-state index in [1.54, 1.807) is 6.07 Å². The predicted octanol–water partition coefficient (Wildman–Crippen LogP) is 2.40. The minimum Gasteiger partial charge on any atom is -0.398 e. The summed E-state index contributed by atoms with van der Waals surface area (Å²) in [5.74, 6) is -0.109. The van der Waals surface area contributed by atoms with Crippen molar-refractivity contribution in [2.75, 3.05) is 5.73 Å². The van der Waals surface area contributed by atoms with E-state index < -0.39 is 5.54 Å². The second-order valence-corrected chi connectivity index (χ2v) is 6.37. The summed E-state index contributed by atoms with van der Waals surface area (Å²) < 4.78 is 0.878. The largest absolute Gasteiger partial charge is 0.398 e. The number of hydrogen-bond acceptors (Lipinski definition) is 3. The van der Waals surface area contributed by atoms with Crippen LogP contribution in [0.25, 0.3) is 0 Å². The van der Waals surface area contributed by atoms with Gasteiger partial charge >= 0.3 is 6.03 Å². The highest BCUT2D eigenvalue weighted by Crippen LogP contribution is 2.36. The summed E-state index contributed by atoms with van der Waals surface area (Å²) in [5.41, 5.74) is 6.64. The third kappa shape index (κ3) is 2.08. The van der Waals surface area contributed by atoms with Gasteiger partial charge in [0.05, 0.1) is 6.54 Å². The molecule has 0 unspecified atom stereocenters. The zero-order valence-electron chi connectivity index (χ0n) is 11.0. The third-order valence-electron chi connectivity index (χ3n) is 4.14. The molecule has 6 heteroatoms. The minimum atomic E-state index is -0.652. The summed E-state index contributed by atoms with van der Waals surface area (Å²) in [4.78, 5) is 25.9. The van der Waals surface area contributed by atoms with Gasteiger partial charge < -0.3 is 11.1 Å². The van der Waals surface area contributed by atoms with Crippen molar-refractivity contribution in [1.82, 2.24) is 10.2 Å². The van der Waals surface area contributed by atoms with Gasteiger partial charge in [0.1, 0.15) is 5.54 Å². The third-order valence-corrected chi connectivity index (χ3v) is 4.63. The van der Waals surface area contributed by atoms with Crippen molar-refractivity contribution >= 4 is 33.6 Å². The molecule has 2 fully saturated rings. The topological polar surface area (TPSA) is 75.4 Å². The molecule has 0 radical (unpaired) electrons. The van der Waals surface area contributed by atoms with Gasteiger partial charge in [-0.1, -0.05) is 34.8 Å². The molecule has 1 aromatic rings. The maximum Gasteiger partial charge on any atom is 0.325 e. The second-order valence-electron chi connectivity index (χ2n) is 5.45. The van der Waals surface area contributed by atoms with Gasteiger partial charge in [0.25, 0.3) is 5.91 Å². The van der Waals surface area contributed by atoms with Crippen LogP contribution in [0.1, 0.15) is 31.2 Å². The Labute approximate surface area is 125 Å². The average Bonchev–Trinajstić information content (AvgIpc) is 2.94. The number of rotatable bonds is 2. The molecule has 106 valence electrons. The molecule has 0 bridgehead atoms. The molecule has 3 rings (SSSR count).